The second kappa shape index (κ2) is 4.36. The molecule has 0 fully saturated rings. The van der Waals surface area contributed by atoms with E-state index in [1.807, 2.05) is 0 Å². The zero-order chi connectivity index (χ0) is 15.2. The van der Waals surface area contributed by atoms with Gasteiger partial charge in [-0.2, -0.15) is 13.2 Å². The molecule has 0 saturated heterocycles. The molecule has 0 bridgehead atoms. The molecule has 1 aromatic heterocycles. The Kier molecular flexibility index (Phi) is 3.08. The van der Waals surface area contributed by atoms with Crippen LogP contribution in [0.25, 0.3) is 10.9 Å². The van der Waals surface area contributed by atoms with E-state index in [9.17, 15) is 22.8 Å². The van der Waals surface area contributed by atoms with Crippen molar-refractivity contribution >= 4 is 16.9 Å². The van der Waals surface area contributed by atoms with E-state index >= 15 is 0 Å². The predicted molar refractivity (Wildman–Crippen MR) is 65.9 cm³/mol. The van der Waals surface area contributed by atoms with Crippen LogP contribution in [0.2, 0.25) is 0 Å². The molecule has 4 nitrogen and oxygen atoms in total. The molecule has 0 aliphatic rings. The Morgan fingerprint density at radius 2 is 1.90 bits per heavy atom. The monoisotopic (exact) mass is 285 g/mol. The molecule has 2 aromatic rings. The lowest BCUT2D eigenvalue weighted by molar-refractivity contribution is -0.136. The zero-order valence-electron chi connectivity index (χ0n) is 10.6. The number of hydrogen-bond donors (Lipinski definition) is 1. The van der Waals surface area contributed by atoms with E-state index in [0.29, 0.717) is 0 Å². The van der Waals surface area contributed by atoms with Gasteiger partial charge in [-0.3, -0.25) is 4.79 Å². The number of carboxylic acids is 1. The van der Waals surface area contributed by atoms with Crippen molar-refractivity contribution in [3.8, 4) is 0 Å². The fourth-order valence-electron chi connectivity index (χ4n) is 2.27. The maximum Gasteiger partial charge on any atom is 0.418 e. The molecular formula is C13H10F3NO3. The average molecular weight is 285 g/mol. The Labute approximate surface area is 111 Å². The summed E-state index contributed by atoms with van der Waals surface area (Å²) in [6, 6.07) is 3.21. The molecule has 1 N–H and O–H groups in total. The summed E-state index contributed by atoms with van der Waals surface area (Å²) >= 11 is 0. The molecular weight excluding hydrogens is 275 g/mol. The molecule has 0 saturated carbocycles. The lowest BCUT2D eigenvalue weighted by Crippen LogP contribution is -2.25. The topological polar surface area (TPSA) is 59.3 Å². The van der Waals surface area contributed by atoms with Gasteiger partial charge >= 0.3 is 12.1 Å². The lowest BCUT2D eigenvalue weighted by Gasteiger charge is -2.16. The number of benzene rings is 1. The van der Waals surface area contributed by atoms with Crippen LogP contribution in [0.5, 0.6) is 0 Å². The number of carboxylic acid groups (broad SMARTS) is 1. The van der Waals surface area contributed by atoms with Crippen LogP contribution in [0.4, 0.5) is 13.2 Å². The number of halogens is 3. The molecule has 0 atom stereocenters. The molecule has 1 aromatic carbocycles. The van der Waals surface area contributed by atoms with E-state index in [0.717, 1.165) is 16.7 Å². The van der Waals surface area contributed by atoms with Crippen molar-refractivity contribution in [3.63, 3.8) is 0 Å². The summed E-state index contributed by atoms with van der Waals surface area (Å²) in [7, 11) is 1.19. The quantitative estimate of drug-likeness (QED) is 0.876. The van der Waals surface area contributed by atoms with Crippen LogP contribution in [0, 0.1) is 6.92 Å². The lowest BCUT2D eigenvalue weighted by atomic mass is 10.0. The van der Waals surface area contributed by atoms with Gasteiger partial charge in [0, 0.05) is 18.0 Å². The van der Waals surface area contributed by atoms with E-state index in [2.05, 4.69) is 0 Å². The second-order valence-electron chi connectivity index (χ2n) is 4.37. The van der Waals surface area contributed by atoms with Crippen molar-refractivity contribution in [2.24, 2.45) is 7.05 Å². The van der Waals surface area contributed by atoms with Crippen LogP contribution in [0.3, 0.4) is 0 Å². The molecule has 106 valence electrons. The summed E-state index contributed by atoms with van der Waals surface area (Å²) < 4.78 is 39.8. The molecule has 20 heavy (non-hydrogen) atoms. The van der Waals surface area contributed by atoms with Crippen molar-refractivity contribution < 1.29 is 23.1 Å². The zero-order valence-corrected chi connectivity index (χ0v) is 10.6. The summed E-state index contributed by atoms with van der Waals surface area (Å²) in [5.74, 6) is -1.43. The number of para-hydroxylation sites is 1. The van der Waals surface area contributed by atoms with E-state index in [1.54, 1.807) is 0 Å². The van der Waals surface area contributed by atoms with Crippen LogP contribution >= 0.6 is 0 Å². The maximum atomic E-state index is 13.0. The first kappa shape index (κ1) is 14.1. The van der Waals surface area contributed by atoms with Crippen LogP contribution in [0.1, 0.15) is 21.5 Å². The number of aryl methyl sites for hydroxylation is 1. The summed E-state index contributed by atoms with van der Waals surface area (Å²) in [5.41, 5.74) is -2.70. The van der Waals surface area contributed by atoms with Gasteiger partial charge in [0.25, 0.3) is 5.56 Å². The predicted octanol–water partition coefficient (Wildman–Crippen LogP) is 2.56. The van der Waals surface area contributed by atoms with Gasteiger partial charge < -0.3 is 9.67 Å². The SMILES string of the molecule is Cc1c(C(=O)O)c2cccc(C(F)(F)F)c2n(C)c1=O. The summed E-state index contributed by atoms with van der Waals surface area (Å²) in [6.45, 7) is 1.28. The fourth-order valence-corrected chi connectivity index (χ4v) is 2.27. The largest absolute Gasteiger partial charge is 0.478 e. The molecule has 2 rings (SSSR count). The summed E-state index contributed by atoms with van der Waals surface area (Å²) in [4.78, 5) is 23.2. The van der Waals surface area contributed by atoms with Gasteiger partial charge in [0.1, 0.15) is 0 Å². The number of pyridine rings is 1. The minimum atomic E-state index is -4.67. The van der Waals surface area contributed by atoms with Crippen molar-refractivity contribution in [2.75, 3.05) is 0 Å². The van der Waals surface area contributed by atoms with E-state index < -0.39 is 34.3 Å². The van der Waals surface area contributed by atoms with Gasteiger partial charge in [0.15, 0.2) is 0 Å². The molecule has 1 heterocycles. The highest BCUT2D eigenvalue weighted by Gasteiger charge is 2.34. The maximum absolute atomic E-state index is 13.0. The molecule has 0 aliphatic heterocycles. The molecule has 0 aliphatic carbocycles. The smallest absolute Gasteiger partial charge is 0.418 e. The summed E-state index contributed by atoms with van der Waals surface area (Å²) in [5, 5.41) is 9.04. The second-order valence-corrected chi connectivity index (χ2v) is 4.37. The Morgan fingerprint density at radius 1 is 1.30 bits per heavy atom. The molecule has 0 amide bonds. The fraction of sp³-hybridized carbons (Fsp3) is 0.231. The number of fused-ring (bicyclic) bond motifs is 1. The minimum Gasteiger partial charge on any atom is -0.478 e. The number of carbonyl (C=O) groups is 1. The van der Waals surface area contributed by atoms with Gasteiger partial charge in [-0.25, -0.2) is 4.79 Å². The van der Waals surface area contributed by atoms with E-state index in [-0.39, 0.29) is 10.9 Å². The minimum absolute atomic E-state index is 0.0909. The van der Waals surface area contributed by atoms with Crippen LogP contribution in [-0.4, -0.2) is 15.6 Å². The molecule has 0 unspecified atom stereocenters. The van der Waals surface area contributed by atoms with Gasteiger partial charge in [-0.1, -0.05) is 12.1 Å². The average Bonchev–Trinajstić information content (AvgIpc) is 2.34. The third kappa shape index (κ3) is 1.95. The Hall–Kier alpha value is -2.31. The standard InChI is InChI=1S/C13H10F3NO3/c1-6-9(12(19)20)7-4-3-5-8(13(14,15)16)10(7)17(2)11(6)18/h3-5H,1-2H3,(H,19,20). The van der Waals surface area contributed by atoms with Crippen molar-refractivity contribution in [3.05, 3.63) is 45.2 Å². The molecule has 0 radical (unpaired) electrons. The first-order chi connectivity index (χ1) is 9.16. The number of nitrogens with zero attached hydrogens (tertiary/aromatic N) is 1. The normalized spacial score (nSPS) is 11.8. The van der Waals surface area contributed by atoms with Crippen molar-refractivity contribution in [1.82, 2.24) is 4.57 Å². The van der Waals surface area contributed by atoms with Gasteiger partial charge in [0.05, 0.1) is 16.6 Å². The number of hydrogen-bond acceptors (Lipinski definition) is 2. The molecule has 0 spiro atoms. The van der Waals surface area contributed by atoms with Crippen LogP contribution in [0.15, 0.2) is 23.0 Å². The van der Waals surface area contributed by atoms with E-state index in [4.69, 9.17) is 5.11 Å². The molecule has 7 heteroatoms. The third-order valence-corrected chi connectivity index (χ3v) is 3.16. The highest BCUT2D eigenvalue weighted by molar-refractivity contribution is 6.04. The van der Waals surface area contributed by atoms with Gasteiger partial charge in [0.2, 0.25) is 0 Å². The van der Waals surface area contributed by atoms with Crippen molar-refractivity contribution in [2.45, 2.75) is 13.1 Å². The van der Waals surface area contributed by atoms with Gasteiger partial charge in [-0.15, -0.1) is 0 Å². The first-order valence-electron chi connectivity index (χ1n) is 5.59. The highest BCUT2D eigenvalue weighted by atomic mass is 19.4. The Balaban J connectivity index is 3.13. The number of aromatic carboxylic acids is 1. The number of aromatic nitrogens is 1. The van der Waals surface area contributed by atoms with Gasteiger partial charge in [-0.05, 0) is 13.0 Å². The van der Waals surface area contributed by atoms with E-state index in [1.165, 1.54) is 20.0 Å². The number of alkyl halides is 3. The Bertz CT molecular complexity index is 775. The summed E-state index contributed by atoms with van der Waals surface area (Å²) in [6.07, 6.45) is -4.67. The van der Waals surface area contributed by atoms with Crippen LogP contribution in [-0.2, 0) is 13.2 Å². The first-order valence-corrected chi connectivity index (χ1v) is 5.59. The number of rotatable bonds is 1. The Morgan fingerprint density at radius 3 is 2.40 bits per heavy atom. The third-order valence-electron chi connectivity index (χ3n) is 3.16. The van der Waals surface area contributed by atoms with Crippen LogP contribution < -0.4 is 5.56 Å². The highest BCUT2D eigenvalue weighted by Crippen LogP contribution is 2.35. The van der Waals surface area contributed by atoms with Crippen molar-refractivity contribution in [1.29, 1.82) is 0 Å².